The number of ether oxygens (including phenoxy) is 1. The van der Waals surface area contributed by atoms with Gasteiger partial charge in [-0.15, -0.1) is 0 Å². The second-order valence-electron chi connectivity index (χ2n) is 7.77. The van der Waals surface area contributed by atoms with Crippen LogP contribution in [0.2, 0.25) is 0 Å². The Morgan fingerprint density at radius 1 is 1.16 bits per heavy atom. The zero-order chi connectivity index (χ0) is 18.5. The number of halogens is 3. The van der Waals surface area contributed by atoms with Crippen LogP contribution >= 0.6 is 0 Å². The quantitative estimate of drug-likeness (QED) is 0.498. The number of hydrogen-bond acceptors (Lipinski definition) is 5. The van der Waals surface area contributed by atoms with E-state index in [4.69, 9.17) is 4.74 Å². The van der Waals surface area contributed by atoms with Crippen LogP contribution in [0, 0.1) is 23.2 Å². The van der Waals surface area contributed by atoms with Crippen molar-refractivity contribution in [1.82, 2.24) is 0 Å². The summed E-state index contributed by atoms with van der Waals surface area (Å²) in [5, 5.41) is -4.67. The average Bonchev–Trinajstić information content (AvgIpc) is 2.53. The third-order valence-corrected chi connectivity index (χ3v) is 7.35. The van der Waals surface area contributed by atoms with Gasteiger partial charge in [-0.25, -0.2) is 4.39 Å². The fraction of sp³-hybridized carbons (Fsp3) is 0.938. The smallest absolute Gasteiger partial charge is 0.400 e. The number of alkyl halides is 3. The molecule has 1 atom stereocenters. The molecule has 0 spiro atoms. The van der Waals surface area contributed by atoms with Crippen LogP contribution in [0.3, 0.4) is 0 Å². The number of carbonyl (C=O) groups is 1. The summed E-state index contributed by atoms with van der Waals surface area (Å²) in [4.78, 5) is 12.5. The maximum Gasteiger partial charge on any atom is 0.400 e. The van der Waals surface area contributed by atoms with E-state index in [9.17, 15) is 26.4 Å². The van der Waals surface area contributed by atoms with Gasteiger partial charge in [0.05, 0.1) is 19.1 Å². The summed E-state index contributed by atoms with van der Waals surface area (Å²) in [6.45, 7) is -0.573. The molecule has 144 valence electrons. The molecule has 4 rings (SSSR count). The third kappa shape index (κ3) is 3.29. The van der Waals surface area contributed by atoms with Crippen molar-refractivity contribution in [3.63, 3.8) is 0 Å². The largest absolute Gasteiger partial charge is 0.465 e. The first-order valence-electron chi connectivity index (χ1n) is 8.59. The van der Waals surface area contributed by atoms with Crippen molar-refractivity contribution >= 4 is 16.1 Å². The van der Waals surface area contributed by atoms with Gasteiger partial charge in [0.25, 0.3) is 0 Å². The molecule has 9 heteroatoms. The van der Waals surface area contributed by atoms with Gasteiger partial charge in [0, 0.05) is 6.42 Å². The summed E-state index contributed by atoms with van der Waals surface area (Å²) < 4.78 is 71.6. The molecule has 0 saturated heterocycles. The zero-order valence-corrected chi connectivity index (χ0v) is 14.9. The molecular weight excluding hydrogens is 361 g/mol. The van der Waals surface area contributed by atoms with Crippen LogP contribution in [0.15, 0.2) is 0 Å². The molecule has 1 unspecified atom stereocenters. The second-order valence-corrected chi connectivity index (χ2v) is 9.56. The monoisotopic (exact) mass is 384 g/mol. The number of rotatable bonds is 7. The summed E-state index contributed by atoms with van der Waals surface area (Å²) in [5.41, 5.74) is -0.554. The Balaban J connectivity index is 1.55. The van der Waals surface area contributed by atoms with Crippen LogP contribution in [0.25, 0.3) is 0 Å². The van der Waals surface area contributed by atoms with Crippen molar-refractivity contribution in [2.75, 3.05) is 13.7 Å². The molecule has 4 aliphatic rings. The third-order valence-electron chi connectivity index (χ3n) is 5.99. The van der Waals surface area contributed by atoms with Crippen molar-refractivity contribution in [1.29, 1.82) is 0 Å². The van der Waals surface area contributed by atoms with E-state index >= 15 is 0 Å². The first kappa shape index (κ1) is 18.9. The minimum Gasteiger partial charge on any atom is -0.465 e. The number of hydrogen-bond donors (Lipinski definition) is 0. The molecule has 0 radical (unpaired) electrons. The van der Waals surface area contributed by atoms with Crippen LogP contribution in [0.5, 0.6) is 0 Å². The van der Waals surface area contributed by atoms with Gasteiger partial charge < -0.3 is 4.74 Å². The fourth-order valence-corrected chi connectivity index (χ4v) is 5.86. The minimum absolute atomic E-state index is 0.447. The standard InChI is InChI=1S/C16H23F3O5S/c1-23-25(21,22)16(18,19)13(17)2-3-24-14(20)15-7-10-4-11(8-15)6-12(5-10)9-15/h10-13H,2-9H2,1H3. The fourth-order valence-electron chi connectivity index (χ4n) is 5.20. The minimum atomic E-state index is -5.33. The van der Waals surface area contributed by atoms with Crippen LogP contribution < -0.4 is 0 Å². The highest BCUT2D eigenvalue weighted by Gasteiger charge is 2.56. The summed E-state index contributed by atoms with van der Waals surface area (Å²) in [6.07, 6.45) is 1.79. The normalized spacial score (nSPS) is 35.6. The molecule has 0 N–H and O–H groups in total. The molecule has 4 fully saturated rings. The lowest BCUT2D eigenvalue weighted by molar-refractivity contribution is -0.172. The molecule has 4 aliphatic carbocycles. The zero-order valence-electron chi connectivity index (χ0n) is 14.0. The van der Waals surface area contributed by atoms with Crippen molar-refractivity contribution in [2.24, 2.45) is 23.2 Å². The molecule has 0 aromatic heterocycles. The van der Waals surface area contributed by atoms with E-state index in [1.807, 2.05) is 0 Å². The molecule has 25 heavy (non-hydrogen) atoms. The summed E-state index contributed by atoms with van der Waals surface area (Å²) in [6, 6.07) is 0. The Bertz CT molecular complexity index is 598. The molecule has 0 aromatic carbocycles. The van der Waals surface area contributed by atoms with E-state index in [0.717, 1.165) is 38.5 Å². The maximum absolute atomic E-state index is 13.7. The summed E-state index contributed by atoms with van der Waals surface area (Å²) in [5.74, 6) is 1.11. The van der Waals surface area contributed by atoms with E-state index in [2.05, 4.69) is 4.18 Å². The van der Waals surface area contributed by atoms with Gasteiger partial charge in [-0.2, -0.15) is 17.2 Å². The summed E-state index contributed by atoms with van der Waals surface area (Å²) in [7, 11) is -4.79. The van der Waals surface area contributed by atoms with Crippen molar-refractivity contribution in [3.05, 3.63) is 0 Å². The molecular formula is C16H23F3O5S. The Kier molecular flexibility index (Phi) is 4.85. The van der Waals surface area contributed by atoms with Gasteiger partial charge in [0.15, 0.2) is 6.17 Å². The first-order chi connectivity index (χ1) is 11.6. The van der Waals surface area contributed by atoms with Gasteiger partial charge >= 0.3 is 21.3 Å². The maximum atomic E-state index is 13.7. The van der Waals surface area contributed by atoms with E-state index in [0.29, 0.717) is 24.9 Å². The van der Waals surface area contributed by atoms with Crippen LogP contribution in [0.4, 0.5) is 13.2 Å². The van der Waals surface area contributed by atoms with Crippen LogP contribution in [0.1, 0.15) is 44.9 Å². The summed E-state index contributed by atoms with van der Waals surface area (Å²) >= 11 is 0. The molecule has 4 bridgehead atoms. The van der Waals surface area contributed by atoms with Crippen molar-refractivity contribution in [3.8, 4) is 0 Å². The van der Waals surface area contributed by atoms with Crippen LogP contribution in [-0.4, -0.2) is 39.5 Å². The van der Waals surface area contributed by atoms with E-state index in [1.54, 1.807) is 0 Å². The molecule has 0 heterocycles. The van der Waals surface area contributed by atoms with Crippen molar-refractivity contribution < 1.29 is 35.3 Å². The van der Waals surface area contributed by atoms with E-state index < -0.39 is 46.0 Å². The predicted molar refractivity (Wildman–Crippen MR) is 82.0 cm³/mol. The van der Waals surface area contributed by atoms with Gasteiger partial charge in [-0.1, -0.05) is 0 Å². The van der Waals surface area contributed by atoms with E-state index in [-0.39, 0.29) is 0 Å². The highest BCUT2D eigenvalue weighted by molar-refractivity contribution is 7.87. The Morgan fingerprint density at radius 2 is 1.64 bits per heavy atom. The highest BCUT2D eigenvalue weighted by Crippen LogP contribution is 2.60. The predicted octanol–water partition coefficient (Wildman–Crippen LogP) is 3.04. The lowest BCUT2D eigenvalue weighted by atomic mass is 9.49. The molecule has 0 aliphatic heterocycles. The average molecular weight is 384 g/mol. The Hall–Kier alpha value is -0.830. The van der Waals surface area contributed by atoms with Crippen molar-refractivity contribution in [2.45, 2.75) is 56.4 Å². The van der Waals surface area contributed by atoms with Gasteiger partial charge in [0.2, 0.25) is 0 Å². The molecule has 5 nitrogen and oxygen atoms in total. The van der Waals surface area contributed by atoms with Gasteiger partial charge in [-0.05, 0) is 56.3 Å². The number of esters is 1. The van der Waals surface area contributed by atoms with Crippen LogP contribution in [-0.2, 0) is 23.8 Å². The lowest BCUT2D eigenvalue weighted by Crippen LogP contribution is -2.50. The SMILES string of the molecule is COS(=O)(=O)C(F)(F)C(F)CCOC(=O)C12CC3CC(CC(C3)C1)C2. The Morgan fingerprint density at radius 3 is 2.08 bits per heavy atom. The molecule has 4 saturated carbocycles. The van der Waals surface area contributed by atoms with Gasteiger partial charge in [0.1, 0.15) is 0 Å². The Labute approximate surface area is 145 Å². The topological polar surface area (TPSA) is 69.7 Å². The highest BCUT2D eigenvalue weighted by atomic mass is 32.2. The van der Waals surface area contributed by atoms with E-state index in [1.165, 1.54) is 0 Å². The first-order valence-corrected chi connectivity index (χ1v) is 10.00. The molecule has 0 aromatic rings. The second kappa shape index (κ2) is 6.40. The molecule has 0 amide bonds. The van der Waals surface area contributed by atoms with Gasteiger partial charge in [-0.3, -0.25) is 8.98 Å². The number of carbonyl (C=O) groups excluding carboxylic acids is 1. The lowest BCUT2D eigenvalue weighted by Gasteiger charge is -2.55.